The largest absolute Gasteiger partial charge is 0.380 e. The first-order valence-corrected chi connectivity index (χ1v) is 5.60. The van der Waals surface area contributed by atoms with Gasteiger partial charge in [-0.25, -0.2) is 0 Å². The van der Waals surface area contributed by atoms with E-state index in [1.54, 1.807) is 0 Å². The summed E-state index contributed by atoms with van der Waals surface area (Å²) in [6.07, 6.45) is 0.849. The summed E-state index contributed by atoms with van der Waals surface area (Å²) < 4.78 is 6.38. The van der Waals surface area contributed by atoms with Crippen LogP contribution in [0.15, 0.2) is 28.7 Å². The van der Waals surface area contributed by atoms with Gasteiger partial charge in [-0.15, -0.1) is 0 Å². The summed E-state index contributed by atoms with van der Waals surface area (Å²) in [5.41, 5.74) is 7.15. The molecule has 1 aromatic rings. The number of ether oxygens (including phenoxy) is 1. The van der Waals surface area contributed by atoms with Crippen molar-refractivity contribution >= 4 is 15.9 Å². The third-order valence-corrected chi connectivity index (χ3v) is 2.75. The third-order valence-electron chi connectivity index (χ3n) is 1.98. The quantitative estimate of drug-likeness (QED) is 0.879. The van der Waals surface area contributed by atoms with Gasteiger partial charge in [0.05, 0.1) is 6.61 Å². The maximum atomic E-state index is 5.91. The van der Waals surface area contributed by atoms with E-state index in [9.17, 15) is 0 Å². The lowest BCUT2D eigenvalue weighted by atomic mass is 10.1. The molecule has 1 atom stereocenters. The van der Waals surface area contributed by atoms with E-state index in [1.165, 1.54) is 5.56 Å². The fraction of sp³-hybridized carbons (Fsp3) is 0.455. The molecule has 0 aliphatic rings. The van der Waals surface area contributed by atoms with Gasteiger partial charge in [-0.3, -0.25) is 0 Å². The van der Waals surface area contributed by atoms with Crippen LogP contribution in [0.25, 0.3) is 0 Å². The van der Waals surface area contributed by atoms with Gasteiger partial charge in [-0.1, -0.05) is 34.1 Å². The van der Waals surface area contributed by atoms with Crippen molar-refractivity contribution in [2.75, 3.05) is 13.2 Å². The monoisotopic (exact) mass is 257 g/mol. The Morgan fingerprint density at radius 1 is 1.43 bits per heavy atom. The molecule has 0 radical (unpaired) electrons. The highest BCUT2D eigenvalue weighted by atomic mass is 79.9. The average Bonchev–Trinajstić information content (AvgIpc) is 2.18. The highest BCUT2D eigenvalue weighted by molar-refractivity contribution is 9.10. The first kappa shape index (κ1) is 11.7. The molecule has 0 aliphatic heterocycles. The van der Waals surface area contributed by atoms with Gasteiger partial charge in [-0.05, 0) is 25.0 Å². The Bertz CT molecular complexity index is 278. The molecule has 1 rings (SSSR count). The Labute approximate surface area is 93.6 Å². The number of nitrogens with two attached hydrogens (primary N) is 1. The summed E-state index contributed by atoms with van der Waals surface area (Å²) in [5.74, 6) is 0. The van der Waals surface area contributed by atoms with E-state index in [-0.39, 0.29) is 6.04 Å². The van der Waals surface area contributed by atoms with Crippen LogP contribution in [0.4, 0.5) is 0 Å². The molecule has 1 unspecified atom stereocenters. The molecule has 0 spiro atoms. The van der Waals surface area contributed by atoms with Crippen molar-refractivity contribution in [3.8, 4) is 0 Å². The number of hydrogen-bond donors (Lipinski definition) is 1. The van der Waals surface area contributed by atoms with Crippen molar-refractivity contribution in [1.82, 2.24) is 0 Å². The van der Waals surface area contributed by atoms with Crippen molar-refractivity contribution < 1.29 is 4.74 Å². The number of benzene rings is 1. The van der Waals surface area contributed by atoms with Crippen LogP contribution in [-0.2, 0) is 11.2 Å². The molecule has 78 valence electrons. The molecule has 3 heteroatoms. The van der Waals surface area contributed by atoms with Crippen LogP contribution in [-0.4, -0.2) is 19.3 Å². The van der Waals surface area contributed by atoms with Crippen LogP contribution < -0.4 is 5.73 Å². The Kier molecular flexibility index (Phi) is 5.15. The van der Waals surface area contributed by atoms with Crippen LogP contribution in [0.3, 0.4) is 0 Å². The van der Waals surface area contributed by atoms with Crippen LogP contribution in [0.5, 0.6) is 0 Å². The Morgan fingerprint density at radius 2 is 2.14 bits per heavy atom. The molecule has 0 bridgehead atoms. The third kappa shape index (κ3) is 3.78. The number of rotatable bonds is 5. The zero-order chi connectivity index (χ0) is 10.4. The standard InChI is InChI=1S/C11H16BrNO/c1-2-14-8-10(13)7-9-5-3-4-6-11(9)12/h3-6,10H,2,7-8,13H2,1H3. The van der Waals surface area contributed by atoms with E-state index in [2.05, 4.69) is 22.0 Å². The minimum Gasteiger partial charge on any atom is -0.380 e. The van der Waals surface area contributed by atoms with Crippen LogP contribution in [0.2, 0.25) is 0 Å². The van der Waals surface area contributed by atoms with Crippen molar-refractivity contribution in [3.05, 3.63) is 34.3 Å². The molecule has 0 heterocycles. The van der Waals surface area contributed by atoms with Gasteiger partial charge in [0.25, 0.3) is 0 Å². The average molecular weight is 258 g/mol. The molecule has 2 nitrogen and oxygen atoms in total. The summed E-state index contributed by atoms with van der Waals surface area (Å²) in [4.78, 5) is 0. The normalized spacial score (nSPS) is 12.8. The highest BCUT2D eigenvalue weighted by Gasteiger charge is 2.05. The number of hydrogen-bond acceptors (Lipinski definition) is 2. The minimum atomic E-state index is 0.0775. The van der Waals surface area contributed by atoms with E-state index in [0.717, 1.165) is 17.5 Å². The van der Waals surface area contributed by atoms with E-state index in [1.807, 2.05) is 25.1 Å². The second-order valence-corrected chi connectivity index (χ2v) is 4.07. The first-order valence-electron chi connectivity index (χ1n) is 4.80. The van der Waals surface area contributed by atoms with Crippen molar-refractivity contribution in [2.24, 2.45) is 5.73 Å². The fourth-order valence-electron chi connectivity index (χ4n) is 1.27. The minimum absolute atomic E-state index is 0.0775. The molecule has 2 N–H and O–H groups in total. The predicted octanol–water partition coefficient (Wildman–Crippen LogP) is 2.36. The molecule has 0 saturated heterocycles. The molecular formula is C11H16BrNO. The molecule has 0 amide bonds. The smallest absolute Gasteiger partial charge is 0.0620 e. The van der Waals surface area contributed by atoms with E-state index >= 15 is 0 Å². The second-order valence-electron chi connectivity index (χ2n) is 3.22. The molecule has 0 aliphatic carbocycles. The van der Waals surface area contributed by atoms with Gasteiger partial charge >= 0.3 is 0 Å². The lowest BCUT2D eigenvalue weighted by molar-refractivity contribution is 0.133. The summed E-state index contributed by atoms with van der Waals surface area (Å²) in [6, 6.07) is 8.21. The van der Waals surface area contributed by atoms with Crippen LogP contribution in [0, 0.1) is 0 Å². The molecule has 14 heavy (non-hydrogen) atoms. The van der Waals surface area contributed by atoms with Gasteiger partial charge in [0.2, 0.25) is 0 Å². The maximum absolute atomic E-state index is 5.91. The molecule has 0 aromatic heterocycles. The summed E-state index contributed by atoms with van der Waals surface area (Å²) in [6.45, 7) is 3.33. The van der Waals surface area contributed by atoms with E-state index < -0.39 is 0 Å². The topological polar surface area (TPSA) is 35.2 Å². The lowest BCUT2D eigenvalue weighted by Gasteiger charge is -2.12. The summed E-state index contributed by atoms with van der Waals surface area (Å²) in [7, 11) is 0. The summed E-state index contributed by atoms with van der Waals surface area (Å²) >= 11 is 3.50. The van der Waals surface area contributed by atoms with E-state index in [4.69, 9.17) is 10.5 Å². The van der Waals surface area contributed by atoms with Crippen LogP contribution >= 0.6 is 15.9 Å². The van der Waals surface area contributed by atoms with Crippen molar-refractivity contribution in [1.29, 1.82) is 0 Å². The zero-order valence-electron chi connectivity index (χ0n) is 8.37. The molecule has 0 fully saturated rings. The Hall–Kier alpha value is -0.380. The van der Waals surface area contributed by atoms with Crippen LogP contribution in [0.1, 0.15) is 12.5 Å². The first-order chi connectivity index (χ1) is 6.74. The van der Waals surface area contributed by atoms with Gasteiger partial charge in [0.1, 0.15) is 0 Å². The fourth-order valence-corrected chi connectivity index (χ4v) is 1.72. The number of halogens is 1. The van der Waals surface area contributed by atoms with Gasteiger partial charge in [-0.2, -0.15) is 0 Å². The van der Waals surface area contributed by atoms with Gasteiger partial charge in [0.15, 0.2) is 0 Å². The Balaban J connectivity index is 2.47. The van der Waals surface area contributed by atoms with Gasteiger partial charge in [0, 0.05) is 17.1 Å². The zero-order valence-corrected chi connectivity index (χ0v) is 9.96. The van der Waals surface area contributed by atoms with Crippen molar-refractivity contribution in [3.63, 3.8) is 0 Å². The Morgan fingerprint density at radius 3 is 2.79 bits per heavy atom. The molecule has 1 aromatic carbocycles. The second kappa shape index (κ2) is 6.17. The van der Waals surface area contributed by atoms with Crippen molar-refractivity contribution in [2.45, 2.75) is 19.4 Å². The molecule has 0 saturated carbocycles. The van der Waals surface area contributed by atoms with E-state index in [0.29, 0.717) is 6.61 Å². The molecular weight excluding hydrogens is 242 g/mol. The SMILES string of the molecule is CCOCC(N)Cc1ccccc1Br. The van der Waals surface area contributed by atoms with Gasteiger partial charge < -0.3 is 10.5 Å². The lowest BCUT2D eigenvalue weighted by Crippen LogP contribution is -2.28. The predicted molar refractivity (Wildman–Crippen MR) is 62.3 cm³/mol. The maximum Gasteiger partial charge on any atom is 0.0620 e. The summed E-state index contributed by atoms with van der Waals surface area (Å²) in [5, 5.41) is 0. The highest BCUT2D eigenvalue weighted by Crippen LogP contribution is 2.16.